The molecule has 0 aliphatic rings. The van der Waals surface area contributed by atoms with Gasteiger partial charge >= 0.3 is 0 Å². The lowest BCUT2D eigenvalue weighted by molar-refractivity contribution is -0.123. The minimum atomic E-state index is -0.504. The molecule has 2 rings (SSSR count). The van der Waals surface area contributed by atoms with Crippen molar-refractivity contribution in [3.63, 3.8) is 0 Å². The molecule has 2 amide bonds. The van der Waals surface area contributed by atoms with Gasteiger partial charge in [-0.3, -0.25) is 9.59 Å². The van der Waals surface area contributed by atoms with Gasteiger partial charge in [-0.1, -0.05) is 26.8 Å². The summed E-state index contributed by atoms with van der Waals surface area (Å²) in [5.74, 6) is 0.603. The molecular formula is C20H24N2O4. The van der Waals surface area contributed by atoms with E-state index in [0.29, 0.717) is 28.4 Å². The molecule has 2 aromatic rings. The molecule has 2 aromatic carbocycles. The normalized spacial score (nSPS) is 10.8. The van der Waals surface area contributed by atoms with Gasteiger partial charge in [-0.2, -0.15) is 0 Å². The van der Waals surface area contributed by atoms with Crippen LogP contribution in [0.1, 0.15) is 31.1 Å². The van der Waals surface area contributed by atoms with Crippen LogP contribution in [0.3, 0.4) is 0 Å². The number of benzene rings is 2. The number of carbonyl (C=O) groups excluding carboxylic acids is 2. The second-order valence-corrected chi connectivity index (χ2v) is 6.81. The standard InChI is InChI=1S/C20H24N2O4/c1-20(2,3)19(24)22-14-8-6-7-13(11-14)21-18(23)16-10-9-15(25-4)12-17(16)26-5/h6-12H,1-5H3,(H,21,23)(H,22,24). The lowest BCUT2D eigenvalue weighted by Crippen LogP contribution is -2.27. The summed E-state index contributed by atoms with van der Waals surface area (Å²) in [5.41, 5.74) is 1.07. The molecule has 0 aromatic heterocycles. The van der Waals surface area contributed by atoms with E-state index in [2.05, 4.69) is 10.6 Å². The molecule has 0 heterocycles. The number of carbonyl (C=O) groups is 2. The highest BCUT2D eigenvalue weighted by Crippen LogP contribution is 2.26. The van der Waals surface area contributed by atoms with Crippen molar-refractivity contribution in [2.24, 2.45) is 5.41 Å². The summed E-state index contributed by atoms with van der Waals surface area (Å²) in [6.07, 6.45) is 0. The van der Waals surface area contributed by atoms with Crippen LogP contribution >= 0.6 is 0 Å². The van der Waals surface area contributed by atoms with Gasteiger partial charge in [0.1, 0.15) is 11.5 Å². The first-order valence-corrected chi connectivity index (χ1v) is 8.19. The molecular weight excluding hydrogens is 332 g/mol. The highest BCUT2D eigenvalue weighted by Gasteiger charge is 2.21. The third-order valence-electron chi connectivity index (χ3n) is 3.71. The summed E-state index contributed by atoms with van der Waals surface area (Å²) >= 11 is 0. The SMILES string of the molecule is COc1ccc(C(=O)Nc2cccc(NC(=O)C(C)(C)C)c2)c(OC)c1. The molecule has 2 N–H and O–H groups in total. The Balaban J connectivity index is 2.17. The van der Waals surface area contributed by atoms with E-state index in [1.54, 1.807) is 49.6 Å². The first kappa shape index (κ1) is 19.3. The van der Waals surface area contributed by atoms with Crippen molar-refractivity contribution >= 4 is 23.2 Å². The van der Waals surface area contributed by atoms with Gasteiger partial charge < -0.3 is 20.1 Å². The minimum Gasteiger partial charge on any atom is -0.497 e. The van der Waals surface area contributed by atoms with Crippen molar-refractivity contribution in [1.82, 2.24) is 0 Å². The third-order valence-corrected chi connectivity index (χ3v) is 3.71. The topological polar surface area (TPSA) is 76.7 Å². The molecule has 6 heteroatoms. The zero-order valence-corrected chi connectivity index (χ0v) is 15.7. The van der Waals surface area contributed by atoms with Crippen molar-refractivity contribution in [2.75, 3.05) is 24.9 Å². The number of methoxy groups -OCH3 is 2. The predicted molar refractivity (Wildman–Crippen MR) is 102 cm³/mol. The average Bonchev–Trinajstić information content (AvgIpc) is 2.60. The fraction of sp³-hybridized carbons (Fsp3) is 0.300. The molecule has 0 aliphatic carbocycles. The number of amides is 2. The quantitative estimate of drug-likeness (QED) is 0.851. The molecule has 0 atom stereocenters. The van der Waals surface area contributed by atoms with Crippen LogP contribution in [0.25, 0.3) is 0 Å². The van der Waals surface area contributed by atoms with E-state index < -0.39 is 5.41 Å². The van der Waals surface area contributed by atoms with Crippen LogP contribution in [0.4, 0.5) is 11.4 Å². The smallest absolute Gasteiger partial charge is 0.259 e. The Bertz CT molecular complexity index is 810. The van der Waals surface area contributed by atoms with Gasteiger partial charge in [0.15, 0.2) is 0 Å². The van der Waals surface area contributed by atoms with E-state index >= 15 is 0 Å². The van der Waals surface area contributed by atoms with Crippen molar-refractivity contribution in [2.45, 2.75) is 20.8 Å². The first-order valence-electron chi connectivity index (χ1n) is 8.19. The van der Waals surface area contributed by atoms with Crippen LogP contribution in [0, 0.1) is 5.41 Å². The van der Waals surface area contributed by atoms with E-state index in [4.69, 9.17) is 9.47 Å². The highest BCUT2D eigenvalue weighted by molar-refractivity contribution is 6.06. The Labute approximate surface area is 153 Å². The predicted octanol–water partition coefficient (Wildman–Crippen LogP) is 3.94. The van der Waals surface area contributed by atoms with Gasteiger partial charge in [0.2, 0.25) is 5.91 Å². The van der Waals surface area contributed by atoms with E-state index in [0.717, 1.165) is 0 Å². The molecule has 0 saturated heterocycles. The molecule has 0 radical (unpaired) electrons. The van der Waals surface area contributed by atoms with Crippen molar-refractivity contribution < 1.29 is 19.1 Å². The number of anilines is 2. The molecule has 6 nitrogen and oxygen atoms in total. The van der Waals surface area contributed by atoms with Crippen molar-refractivity contribution in [3.05, 3.63) is 48.0 Å². The third kappa shape index (κ3) is 4.75. The second kappa shape index (κ2) is 7.91. The Morgan fingerprint density at radius 1 is 0.885 bits per heavy atom. The van der Waals surface area contributed by atoms with Gasteiger partial charge in [0.25, 0.3) is 5.91 Å². The van der Waals surface area contributed by atoms with Gasteiger partial charge in [0, 0.05) is 22.9 Å². The molecule has 26 heavy (non-hydrogen) atoms. The number of hydrogen-bond acceptors (Lipinski definition) is 4. The monoisotopic (exact) mass is 356 g/mol. The Morgan fingerprint density at radius 2 is 1.54 bits per heavy atom. The summed E-state index contributed by atoms with van der Waals surface area (Å²) in [6, 6.07) is 12.0. The Hall–Kier alpha value is -3.02. The van der Waals surface area contributed by atoms with Crippen LogP contribution in [0.2, 0.25) is 0 Å². The number of ether oxygens (including phenoxy) is 2. The maximum atomic E-state index is 12.6. The van der Waals surface area contributed by atoms with E-state index in [1.807, 2.05) is 20.8 Å². The van der Waals surface area contributed by atoms with E-state index in [9.17, 15) is 9.59 Å². The molecule has 138 valence electrons. The molecule has 0 fully saturated rings. The summed E-state index contributed by atoms with van der Waals surface area (Å²) in [6.45, 7) is 5.51. The van der Waals surface area contributed by atoms with Gasteiger partial charge in [-0.25, -0.2) is 0 Å². The van der Waals surface area contributed by atoms with E-state index in [-0.39, 0.29) is 11.8 Å². The minimum absolute atomic E-state index is 0.0993. The highest BCUT2D eigenvalue weighted by atomic mass is 16.5. The van der Waals surface area contributed by atoms with Crippen LogP contribution < -0.4 is 20.1 Å². The summed E-state index contributed by atoms with van der Waals surface area (Å²) in [4.78, 5) is 24.7. The van der Waals surface area contributed by atoms with Crippen LogP contribution in [-0.2, 0) is 4.79 Å². The largest absolute Gasteiger partial charge is 0.497 e. The Kier molecular flexibility index (Phi) is 5.87. The molecule has 0 bridgehead atoms. The fourth-order valence-electron chi connectivity index (χ4n) is 2.18. The average molecular weight is 356 g/mol. The number of rotatable bonds is 5. The lowest BCUT2D eigenvalue weighted by atomic mass is 9.95. The first-order chi connectivity index (χ1) is 12.2. The van der Waals surface area contributed by atoms with Crippen LogP contribution in [0.5, 0.6) is 11.5 Å². The summed E-state index contributed by atoms with van der Waals surface area (Å²) in [5, 5.41) is 5.65. The summed E-state index contributed by atoms with van der Waals surface area (Å²) < 4.78 is 10.4. The fourth-order valence-corrected chi connectivity index (χ4v) is 2.18. The Morgan fingerprint density at radius 3 is 2.12 bits per heavy atom. The number of nitrogens with one attached hydrogen (secondary N) is 2. The zero-order valence-electron chi connectivity index (χ0n) is 15.7. The van der Waals surface area contributed by atoms with Crippen LogP contribution in [-0.4, -0.2) is 26.0 Å². The maximum Gasteiger partial charge on any atom is 0.259 e. The van der Waals surface area contributed by atoms with Gasteiger partial charge in [-0.15, -0.1) is 0 Å². The second-order valence-electron chi connectivity index (χ2n) is 6.81. The van der Waals surface area contributed by atoms with Crippen molar-refractivity contribution in [1.29, 1.82) is 0 Å². The maximum absolute atomic E-state index is 12.6. The zero-order chi connectivity index (χ0) is 19.3. The molecule has 0 spiro atoms. The van der Waals surface area contributed by atoms with Crippen LogP contribution in [0.15, 0.2) is 42.5 Å². The van der Waals surface area contributed by atoms with Crippen molar-refractivity contribution in [3.8, 4) is 11.5 Å². The molecule has 0 saturated carbocycles. The van der Waals surface area contributed by atoms with Gasteiger partial charge in [-0.05, 0) is 30.3 Å². The lowest BCUT2D eigenvalue weighted by Gasteiger charge is -2.18. The molecule has 0 unspecified atom stereocenters. The van der Waals surface area contributed by atoms with Gasteiger partial charge in [0.05, 0.1) is 19.8 Å². The summed E-state index contributed by atoms with van der Waals surface area (Å²) in [7, 11) is 3.04. The molecule has 0 aliphatic heterocycles. The van der Waals surface area contributed by atoms with E-state index in [1.165, 1.54) is 7.11 Å². The number of hydrogen-bond donors (Lipinski definition) is 2.